The molecule has 1 heterocycles. The minimum Gasteiger partial charge on any atom is -0.478 e. The minimum absolute atomic E-state index is 0.0420. The lowest BCUT2D eigenvalue weighted by Gasteiger charge is -2.36. The predicted octanol–water partition coefficient (Wildman–Crippen LogP) is 3.27. The third-order valence-electron chi connectivity index (χ3n) is 5.96. The molecule has 6 nitrogen and oxygen atoms in total. The number of rotatable bonds is 6. The second-order valence-electron chi connectivity index (χ2n) is 7.99. The number of hydrogen-bond donors (Lipinski definition) is 3. The van der Waals surface area contributed by atoms with Crippen LogP contribution in [0, 0.1) is 5.41 Å². The van der Waals surface area contributed by atoms with Crippen molar-refractivity contribution >= 4 is 17.5 Å². The lowest BCUT2D eigenvalue weighted by atomic mass is 9.71. The second kappa shape index (κ2) is 8.30. The number of ether oxygens (including phenoxy) is 1. The molecule has 6 heteroatoms. The van der Waals surface area contributed by atoms with E-state index in [1.807, 2.05) is 32.0 Å². The van der Waals surface area contributed by atoms with Crippen molar-refractivity contribution in [2.75, 3.05) is 11.9 Å². The zero-order chi connectivity index (χ0) is 19.4. The molecule has 1 saturated carbocycles. The van der Waals surface area contributed by atoms with Crippen molar-refractivity contribution < 1.29 is 14.3 Å². The lowest BCUT2D eigenvalue weighted by molar-refractivity contribution is -0.124. The largest absolute Gasteiger partial charge is 0.478 e. The van der Waals surface area contributed by atoms with Gasteiger partial charge in [-0.2, -0.15) is 0 Å². The van der Waals surface area contributed by atoms with Gasteiger partial charge in [0.2, 0.25) is 5.91 Å². The zero-order valence-electron chi connectivity index (χ0n) is 16.3. The maximum Gasteiger partial charge on any atom is 0.265 e. The molecule has 27 heavy (non-hydrogen) atoms. The monoisotopic (exact) mass is 373 g/mol. The normalized spacial score (nSPS) is 22.2. The molecule has 1 fully saturated rings. The van der Waals surface area contributed by atoms with Crippen LogP contribution in [0.1, 0.15) is 70.4 Å². The molecule has 1 aromatic carbocycles. The van der Waals surface area contributed by atoms with E-state index in [-0.39, 0.29) is 23.3 Å². The van der Waals surface area contributed by atoms with Crippen LogP contribution in [0.2, 0.25) is 0 Å². The van der Waals surface area contributed by atoms with Crippen LogP contribution in [0.5, 0.6) is 5.75 Å². The summed E-state index contributed by atoms with van der Waals surface area (Å²) in [5, 5.41) is 5.98. The third kappa shape index (κ3) is 4.43. The van der Waals surface area contributed by atoms with Crippen LogP contribution in [0.25, 0.3) is 0 Å². The van der Waals surface area contributed by atoms with Crippen LogP contribution < -0.4 is 21.1 Å². The highest BCUT2D eigenvalue weighted by Crippen LogP contribution is 2.38. The van der Waals surface area contributed by atoms with Crippen molar-refractivity contribution in [1.82, 2.24) is 5.32 Å². The van der Waals surface area contributed by atoms with E-state index >= 15 is 0 Å². The van der Waals surface area contributed by atoms with E-state index in [0.717, 1.165) is 31.2 Å². The van der Waals surface area contributed by atoms with Crippen molar-refractivity contribution in [3.8, 4) is 5.75 Å². The Balaban J connectivity index is 1.65. The molecular weight excluding hydrogens is 342 g/mol. The highest BCUT2D eigenvalue weighted by molar-refractivity contribution is 5.97. The number of amides is 2. The van der Waals surface area contributed by atoms with Crippen molar-refractivity contribution in [1.29, 1.82) is 0 Å². The molecule has 2 unspecified atom stereocenters. The highest BCUT2D eigenvalue weighted by Gasteiger charge is 2.33. The molecule has 1 aliphatic carbocycles. The van der Waals surface area contributed by atoms with Gasteiger partial charge in [-0.05, 0) is 55.8 Å². The lowest BCUT2D eigenvalue weighted by Crippen LogP contribution is -2.39. The fraction of sp³-hybridized carbons (Fsp3) is 0.619. The van der Waals surface area contributed by atoms with Crippen LogP contribution in [0.15, 0.2) is 18.2 Å². The number of hydrogen-bond acceptors (Lipinski definition) is 4. The molecule has 2 atom stereocenters. The molecule has 1 aliphatic heterocycles. The van der Waals surface area contributed by atoms with Gasteiger partial charge in [0.25, 0.3) is 5.91 Å². The summed E-state index contributed by atoms with van der Waals surface area (Å²) in [6.07, 6.45) is 6.27. The third-order valence-corrected chi connectivity index (χ3v) is 5.96. The Morgan fingerprint density at radius 1 is 1.37 bits per heavy atom. The summed E-state index contributed by atoms with van der Waals surface area (Å²) in [5.41, 5.74) is 7.60. The van der Waals surface area contributed by atoms with Gasteiger partial charge in [0, 0.05) is 6.42 Å². The Morgan fingerprint density at radius 2 is 2.11 bits per heavy atom. The smallest absolute Gasteiger partial charge is 0.265 e. The molecule has 0 saturated heterocycles. The number of nitrogens with one attached hydrogen (secondary N) is 2. The van der Waals surface area contributed by atoms with Gasteiger partial charge in [-0.25, -0.2) is 0 Å². The summed E-state index contributed by atoms with van der Waals surface area (Å²) in [6.45, 7) is 4.45. The van der Waals surface area contributed by atoms with Crippen LogP contribution in [-0.4, -0.2) is 24.5 Å². The molecule has 4 N–H and O–H groups in total. The van der Waals surface area contributed by atoms with Crippen molar-refractivity contribution in [3.05, 3.63) is 23.8 Å². The van der Waals surface area contributed by atoms with Gasteiger partial charge in [-0.15, -0.1) is 0 Å². The van der Waals surface area contributed by atoms with E-state index in [9.17, 15) is 9.59 Å². The van der Waals surface area contributed by atoms with Crippen molar-refractivity contribution in [2.24, 2.45) is 11.1 Å². The first-order chi connectivity index (χ1) is 13.0. The van der Waals surface area contributed by atoms with Crippen LogP contribution in [0.3, 0.4) is 0 Å². The average Bonchev–Trinajstić information content (AvgIpc) is 2.67. The fourth-order valence-corrected chi connectivity index (χ4v) is 4.17. The first-order valence-electron chi connectivity index (χ1n) is 10.1. The molecule has 2 amide bonds. The first kappa shape index (κ1) is 19.7. The average molecular weight is 373 g/mol. The summed E-state index contributed by atoms with van der Waals surface area (Å²) >= 11 is 0. The van der Waals surface area contributed by atoms with Gasteiger partial charge in [0.05, 0.1) is 11.7 Å². The fourth-order valence-electron chi connectivity index (χ4n) is 4.17. The van der Waals surface area contributed by atoms with Crippen LogP contribution in [0.4, 0.5) is 5.69 Å². The van der Waals surface area contributed by atoms with Gasteiger partial charge in [0.1, 0.15) is 5.75 Å². The maximum absolute atomic E-state index is 12.6. The van der Waals surface area contributed by atoms with E-state index in [2.05, 4.69) is 10.6 Å². The standard InChI is InChI=1S/C21H31N3O3/c1-3-17-20(26)24-16-8-7-15(11-18(16)27-17)14(2)23-19(25)12-21(13-22)9-5-4-6-10-21/h7-8,11,14,17H,3-6,9-10,12-13,22H2,1-2H3,(H,23,25)(H,24,26). The molecule has 0 spiro atoms. The Bertz CT molecular complexity index is 698. The Kier molecular flexibility index (Phi) is 6.05. The van der Waals surface area contributed by atoms with Crippen LogP contribution in [-0.2, 0) is 9.59 Å². The predicted molar refractivity (Wildman–Crippen MR) is 106 cm³/mol. The quantitative estimate of drug-likeness (QED) is 0.713. The van der Waals surface area contributed by atoms with Crippen molar-refractivity contribution in [2.45, 2.75) is 70.9 Å². The zero-order valence-corrected chi connectivity index (χ0v) is 16.3. The van der Waals surface area contributed by atoms with E-state index < -0.39 is 6.10 Å². The van der Waals surface area contributed by atoms with E-state index in [4.69, 9.17) is 10.5 Å². The number of fused-ring (bicyclic) bond motifs is 1. The number of carbonyl (C=O) groups excluding carboxylic acids is 2. The minimum atomic E-state index is -0.464. The van der Waals surface area contributed by atoms with E-state index in [0.29, 0.717) is 30.8 Å². The Hall–Kier alpha value is -2.08. The molecule has 3 rings (SSSR count). The molecule has 148 valence electrons. The van der Waals surface area contributed by atoms with Gasteiger partial charge in [0.15, 0.2) is 6.10 Å². The summed E-state index contributed by atoms with van der Waals surface area (Å²) in [5.74, 6) is 0.595. The molecule has 1 aromatic rings. The summed E-state index contributed by atoms with van der Waals surface area (Å²) in [7, 11) is 0. The van der Waals surface area contributed by atoms with Gasteiger partial charge < -0.3 is 21.1 Å². The van der Waals surface area contributed by atoms with Gasteiger partial charge >= 0.3 is 0 Å². The number of carbonyl (C=O) groups is 2. The number of nitrogens with two attached hydrogens (primary N) is 1. The number of benzene rings is 1. The van der Waals surface area contributed by atoms with Crippen molar-refractivity contribution in [3.63, 3.8) is 0 Å². The number of anilines is 1. The molecule has 0 aromatic heterocycles. The molecule has 2 aliphatic rings. The molecular formula is C21H31N3O3. The van der Waals surface area contributed by atoms with Gasteiger partial charge in [-0.3, -0.25) is 9.59 Å². The summed E-state index contributed by atoms with van der Waals surface area (Å²) in [4.78, 5) is 24.5. The molecule has 0 radical (unpaired) electrons. The van der Waals surface area contributed by atoms with Crippen LogP contribution >= 0.6 is 0 Å². The molecule has 0 bridgehead atoms. The topological polar surface area (TPSA) is 93.4 Å². The Labute approximate surface area is 161 Å². The van der Waals surface area contributed by atoms with E-state index in [1.165, 1.54) is 6.42 Å². The first-order valence-corrected chi connectivity index (χ1v) is 10.1. The summed E-state index contributed by atoms with van der Waals surface area (Å²) in [6, 6.07) is 5.52. The Morgan fingerprint density at radius 3 is 2.78 bits per heavy atom. The van der Waals surface area contributed by atoms with Gasteiger partial charge in [-0.1, -0.05) is 32.3 Å². The highest BCUT2D eigenvalue weighted by atomic mass is 16.5. The van der Waals surface area contributed by atoms with E-state index in [1.54, 1.807) is 0 Å². The SMILES string of the molecule is CCC1Oc2cc(C(C)NC(=O)CC3(CN)CCCCC3)ccc2NC1=O. The summed E-state index contributed by atoms with van der Waals surface area (Å²) < 4.78 is 5.80. The second-order valence-corrected chi connectivity index (χ2v) is 7.99. The maximum atomic E-state index is 12.6.